The van der Waals surface area contributed by atoms with Crippen LogP contribution in [0.1, 0.15) is 27.7 Å². The van der Waals surface area contributed by atoms with E-state index < -0.39 is 0 Å². The predicted octanol–water partition coefficient (Wildman–Crippen LogP) is 2.00. The first-order valence-electron chi connectivity index (χ1n) is 6.37. The van der Waals surface area contributed by atoms with E-state index >= 15 is 0 Å². The van der Waals surface area contributed by atoms with Crippen LogP contribution in [0.2, 0.25) is 0 Å². The minimum absolute atomic E-state index is 0.274. The van der Waals surface area contributed by atoms with Gasteiger partial charge in [-0.05, 0) is 45.3 Å². The third-order valence-corrected chi connectivity index (χ3v) is 3.73. The summed E-state index contributed by atoms with van der Waals surface area (Å²) < 4.78 is 17.3. The van der Waals surface area contributed by atoms with Crippen LogP contribution >= 0.6 is 0 Å². The van der Waals surface area contributed by atoms with Gasteiger partial charge in [0.25, 0.3) is 0 Å². The molecule has 1 aliphatic heterocycles. The highest BCUT2D eigenvalue weighted by Crippen LogP contribution is 2.36. The Morgan fingerprint density at radius 2 is 1.63 bits per heavy atom. The minimum Gasteiger partial charge on any atom is -0.481 e. The van der Waals surface area contributed by atoms with E-state index in [9.17, 15) is 0 Å². The van der Waals surface area contributed by atoms with Gasteiger partial charge in [0.2, 0.25) is 0 Å². The summed E-state index contributed by atoms with van der Waals surface area (Å²) >= 11 is 0. The molecule has 0 atom stereocenters. The topological polar surface area (TPSA) is 27.7 Å². The highest BCUT2D eigenvalue weighted by Gasteiger charge is 2.51. The second-order valence-corrected chi connectivity index (χ2v) is 5.65. The molecule has 0 radical (unpaired) electrons. The van der Waals surface area contributed by atoms with Crippen molar-refractivity contribution in [3.63, 3.8) is 0 Å². The van der Waals surface area contributed by atoms with Crippen LogP contribution in [0, 0.1) is 12.3 Å². The maximum Gasteiger partial charge on any atom is 0.494 e. The van der Waals surface area contributed by atoms with E-state index in [0.717, 1.165) is 11.2 Å². The van der Waals surface area contributed by atoms with Gasteiger partial charge >= 0.3 is 7.12 Å². The summed E-state index contributed by atoms with van der Waals surface area (Å²) in [7, 11) is -0.341. The summed E-state index contributed by atoms with van der Waals surface area (Å²) in [5.41, 5.74) is 0.332. The van der Waals surface area contributed by atoms with E-state index in [1.54, 1.807) is 0 Å². The van der Waals surface area contributed by atoms with Crippen molar-refractivity contribution in [3.05, 3.63) is 24.3 Å². The SMILES string of the molecule is C#CCOc1ccc(B2OC(C)(C)C(C)(C)O2)cc1. The lowest BCUT2D eigenvalue weighted by molar-refractivity contribution is 0.00578. The molecule has 0 spiro atoms. The zero-order chi connectivity index (χ0) is 14.1. The summed E-state index contributed by atoms with van der Waals surface area (Å²) in [4.78, 5) is 0. The first-order valence-corrected chi connectivity index (χ1v) is 6.37. The van der Waals surface area contributed by atoms with E-state index in [2.05, 4.69) is 5.92 Å². The van der Waals surface area contributed by atoms with Crippen molar-refractivity contribution < 1.29 is 14.0 Å². The van der Waals surface area contributed by atoms with E-state index in [1.165, 1.54) is 0 Å². The van der Waals surface area contributed by atoms with E-state index in [4.69, 9.17) is 20.5 Å². The monoisotopic (exact) mass is 258 g/mol. The average Bonchev–Trinajstić information content (AvgIpc) is 2.56. The first kappa shape index (κ1) is 14.0. The van der Waals surface area contributed by atoms with Gasteiger partial charge in [-0.25, -0.2) is 0 Å². The van der Waals surface area contributed by atoms with Gasteiger partial charge in [0.05, 0.1) is 11.2 Å². The number of hydrogen-bond donors (Lipinski definition) is 0. The molecule has 1 aromatic carbocycles. The molecule has 0 N–H and O–H groups in total. The number of hydrogen-bond acceptors (Lipinski definition) is 3. The number of rotatable bonds is 3. The van der Waals surface area contributed by atoms with Crippen molar-refractivity contribution in [2.24, 2.45) is 0 Å². The fourth-order valence-electron chi connectivity index (χ4n) is 1.83. The van der Waals surface area contributed by atoms with Crippen LogP contribution in [0.5, 0.6) is 5.75 Å². The molecule has 1 heterocycles. The Morgan fingerprint density at radius 1 is 1.11 bits per heavy atom. The molecule has 19 heavy (non-hydrogen) atoms. The minimum atomic E-state index is -0.341. The average molecular weight is 258 g/mol. The van der Waals surface area contributed by atoms with Crippen molar-refractivity contribution in [1.82, 2.24) is 0 Å². The van der Waals surface area contributed by atoms with Crippen molar-refractivity contribution in [2.75, 3.05) is 6.61 Å². The van der Waals surface area contributed by atoms with Crippen molar-refractivity contribution in [1.29, 1.82) is 0 Å². The molecule has 1 aromatic rings. The number of terminal acetylenes is 1. The van der Waals surface area contributed by atoms with Crippen LogP contribution in [0.25, 0.3) is 0 Å². The first-order chi connectivity index (χ1) is 8.86. The Hall–Kier alpha value is -1.44. The molecule has 3 nitrogen and oxygen atoms in total. The molecule has 0 bridgehead atoms. The van der Waals surface area contributed by atoms with Gasteiger partial charge in [0.15, 0.2) is 0 Å². The molecule has 0 amide bonds. The van der Waals surface area contributed by atoms with Crippen molar-refractivity contribution in [2.45, 2.75) is 38.9 Å². The van der Waals surface area contributed by atoms with Gasteiger partial charge in [0, 0.05) is 0 Å². The smallest absolute Gasteiger partial charge is 0.481 e. The summed E-state index contributed by atoms with van der Waals surface area (Å²) in [5.74, 6) is 3.18. The number of ether oxygens (including phenoxy) is 1. The van der Waals surface area contributed by atoms with Gasteiger partial charge < -0.3 is 14.0 Å². The zero-order valence-electron chi connectivity index (χ0n) is 11.9. The lowest BCUT2D eigenvalue weighted by Gasteiger charge is -2.32. The summed E-state index contributed by atoms with van der Waals surface area (Å²) in [6, 6.07) is 7.62. The molecule has 0 aliphatic carbocycles. The normalized spacial score (nSPS) is 20.1. The van der Waals surface area contributed by atoms with Gasteiger partial charge in [-0.2, -0.15) is 0 Å². The van der Waals surface area contributed by atoms with Gasteiger partial charge in [0.1, 0.15) is 12.4 Å². The summed E-state index contributed by atoms with van der Waals surface area (Å²) in [6.45, 7) is 8.43. The van der Waals surface area contributed by atoms with E-state index in [0.29, 0.717) is 0 Å². The second-order valence-electron chi connectivity index (χ2n) is 5.65. The van der Waals surface area contributed by atoms with E-state index in [1.807, 2.05) is 52.0 Å². The van der Waals surface area contributed by atoms with Crippen LogP contribution in [-0.2, 0) is 9.31 Å². The van der Waals surface area contributed by atoms with Crippen LogP contribution in [0.15, 0.2) is 24.3 Å². The van der Waals surface area contributed by atoms with Crippen molar-refractivity contribution >= 4 is 12.6 Å². The van der Waals surface area contributed by atoms with E-state index in [-0.39, 0.29) is 24.9 Å². The zero-order valence-corrected chi connectivity index (χ0v) is 11.9. The third kappa shape index (κ3) is 2.78. The molecule has 4 heteroatoms. The van der Waals surface area contributed by atoms with Crippen LogP contribution in [0.3, 0.4) is 0 Å². The molecule has 100 valence electrons. The van der Waals surface area contributed by atoms with Crippen LogP contribution in [-0.4, -0.2) is 24.9 Å². The van der Waals surface area contributed by atoms with Crippen LogP contribution in [0.4, 0.5) is 0 Å². The Morgan fingerprint density at radius 3 is 2.11 bits per heavy atom. The highest BCUT2D eigenvalue weighted by atomic mass is 16.7. The van der Waals surface area contributed by atoms with Crippen molar-refractivity contribution in [3.8, 4) is 18.1 Å². The predicted molar refractivity (Wildman–Crippen MR) is 76.5 cm³/mol. The standard InChI is InChI=1S/C15H19BO3/c1-6-11-17-13-9-7-12(8-10-13)16-18-14(2,3)15(4,5)19-16/h1,7-10H,11H2,2-5H3. The molecule has 0 unspecified atom stereocenters. The molecule has 1 saturated heterocycles. The lowest BCUT2D eigenvalue weighted by atomic mass is 9.79. The Labute approximate surface area is 115 Å². The van der Waals surface area contributed by atoms with Gasteiger partial charge in [-0.15, -0.1) is 6.42 Å². The maximum atomic E-state index is 5.98. The fourth-order valence-corrected chi connectivity index (χ4v) is 1.83. The lowest BCUT2D eigenvalue weighted by Crippen LogP contribution is -2.41. The summed E-state index contributed by atoms with van der Waals surface area (Å²) in [6.07, 6.45) is 5.15. The molecule has 1 aliphatic rings. The fraction of sp³-hybridized carbons (Fsp3) is 0.467. The Kier molecular flexibility index (Phi) is 3.62. The molecule has 2 rings (SSSR count). The molecular weight excluding hydrogens is 239 g/mol. The Balaban J connectivity index is 2.10. The molecule has 0 saturated carbocycles. The molecule has 1 fully saturated rings. The molecule has 0 aromatic heterocycles. The van der Waals surface area contributed by atoms with Crippen LogP contribution < -0.4 is 10.2 Å². The molecular formula is C15H19BO3. The van der Waals surface area contributed by atoms with Gasteiger partial charge in [-0.1, -0.05) is 18.1 Å². The summed E-state index contributed by atoms with van der Waals surface area (Å²) in [5, 5.41) is 0. The Bertz CT molecular complexity index is 469. The highest BCUT2D eigenvalue weighted by molar-refractivity contribution is 6.62. The van der Waals surface area contributed by atoms with Gasteiger partial charge in [-0.3, -0.25) is 0 Å². The largest absolute Gasteiger partial charge is 0.494 e. The quantitative estimate of drug-likeness (QED) is 0.613. The third-order valence-electron chi connectivity index (χ3n) is 3.73. The number of benzene rings is 1. The second kappa shape index (κ2) is 4.92. The maximum absolute atomic E-state index is 5.98.